The second-order valence-corrected chi connectivity index (χ2v) is 7.04. The van der Waals surface area contributed by atoms with Gasteiger partial charge < -0.3 is 10.2 Å². The molecular formula is C18H18ClN3OS. The fourth-order valence-corrected chi connectivity index (χ4v) is 3.58. The van der Waals surface area contributed by atoms with Crippen LogP contribution in [0.25, 0.3) is 10.2 Å². The maximum Gasteiger partial charge on any atom is 0.251 e. The van der Waals surface area contributed by atoms with Crippen LogP contribution in [0.2, 0.25) is 5.02 Å². The number of nitrogens with one attached hydrogen (secondary N) is 1. The Labute approximate surface area is 150 Å². The first-order valence-corrected chi connectivity index (χ1v) is 8.84. The van der Waals surface area contributed by atoms with Crippen LogP contribution in [0.5, 0.6) is 0 Å². The van der Waals surface area contributed by atoms with Crippen molar-refractivity contribution in [2.24, 2.45) is 0 Å². The second kappa shape index (κ2) is 7.30. The zero-order valence-corrected chi connectivity index (χ0v) is 15.1. The molecule has 0 aliphatic heterocycles. The maximum absolute atomic E-state index is 12.5. The van der Waals surface area contributed by atoms with Crippen molar-refractivity contribution in [3.8, 4) is 0 Å². The number of hydrogen-bond donors (Lipinski definition) is 1. The molecule has 0 unspecified atom stereocenters. The van der Waals surface area contributed by atoms with E-state index in [0.29, 0.717) is 17.1 Å². The van der Waals surface area contributed by atoms with E-state index in [0.717, 1.165) is 15.8 Å². The molecule has 4 nitrogen and oxygen atoms in total. The summed E-state index contributed by atoms with van der Waals surface area (Å²) in [7, 11) is 3.95. The van der Waals surface area contributed by atoms with Crippen molar-refractivity contribution in [1.29, 1.82) is 0 Å². The first-order valence-electron chi connectivity index (χ1n) is 7.58. The highest BCUT2D eigenvalue weighted by Crippen LogP contribution is 2.25. The van der Waals surface area contributed by atoms with E-state index in [1.54, 1.807) is 11.6 Å². The van der Waals surface area contributed by atoms with Crippen molar-refractivity contribution in [3.63, 3.8) is 0 Å². The van der Waals surface area contributed by atoms with Crippen molar-refractivity contribution in [3.05, 3.63) is 64.1 Å². The van der Waals surface area contributed by atoms with Crippen LogP contribution < -0.4 is 5.32 Å². The molecule has 3 aromatic rings. The number of fused-ring (bicyclic) bond motifs is 1. The van der Waals surface area contributed by atoms with Gasteiger partial charge in [-0.25, -0.2) is 4.98 Å². The lowest BCUT2D eigenvalue weighted by Crippen LogP contribution is -2.34. The molecule has 0 fully saturated rings. The molecule has 1 atom stereocenters. The van der Waals surface area contributed by atoms with Crippen LogP contribution in [0.15, 0.2) is 48.0 Å². The van der Waals surface area contributed by atoms with Crippen LogP contribution >= 0.6 is 22.9 Å². The molecular weight excluding hydrogens is 342 g/mol. The monoisotopic (exact) mass is 359 g/mol. The molecule has 0 aliphatic carbocycles. The Hall–Kier alpha value is -1.95. The van der Waals surface area contributed by atoms with Crippen molar-refractivity contribution < 1.29 is 4.79 Å². The third-order valence-electron chi connectivity index (χ3n) is 3.94. The highest BCUT2D eigenvalue weighted by Gasteiger charge is 2.18. The van der Waals surface area contributed by atoms with E-state index in [2.05, 4.69) is 10.3 Å². The molecule has 2 aromatic carbocycles. The highest BCUT2D eigenvalue weighted by molar-refractivity contribution is 7.16. The summed E-state index contributed by atoms with van der Waals surface area (Å²) in [4.78, 5) is 18.8. The molecule has 1 N–H and O–H groups in total. The quantitative estimate of drug-likeness (QED) is 0.749. The summed E-state index contributed by atoms with van der Waals surface area (Å²) >= 11 is 7.83. The lowest BCUT2D eigenvalue weighted by atomic mass is 10.1. The number of hydrogen-bond acceptors (Lipinski definition) is 4. The third kappa shape index (κ3) is 3.59. The van der Waals surface area contributed by atoms with Crippen LogP contribution in [0.3, 0.4) is 0 Å². The van der Waals surface area contributed by atoms with Crippen LogP contribution in [0, 0.1) is 0 Å². The first-order chi connectivity index (χ1) is 11.6. The number of aromatic nitrogens is 1. The van der Waals surface area contributed by atoms with E-state index >= 15 is 0 Å². The molecule has 0 radical (unpaired) electrons. The Morgan fingerprint density at radius 3 is 2.83 bits per heavy atom. The minimum Gasteiger partial charge on any atom is -0.350 e. The molecule has 6 heteroatoms. The van der Waals surface area contributed by atoms with Crippen molar-refractivity contribution in [1.82, 2.24) is 15.2 Å². The molecule has 0 spiro atoms. The van der Waals surface area contributed by atoms with Crippen molar-refractivity contribution >= 4 is 39.1 Å². The Kier molecular flexibility index (Phi) is 5.14. The molecule has 1 amide bonds. The van der Waals surface area contributed by atoms with Gasteiger partial charge in [0, 0.05) is 17.1 Å². The van der Waals surface area contributed by atoms with E-state index in [1.165, 1.54) is 11.3 Å². The fraction of sp³-hybridized carbons (Fsp3) is 0.222. The smallest absolute Gasteiger partial charge is 0.251 e. The zero-order valence-electron chi connectivity index (χ0n) is 13.5. The summed E-state index contributed by atoms with van der Waals surface area (Å²) in [5.41, 5.74) is 4.34. The number of amides is 1. The Balaban J connectivity index is 1.74. The Bertz CT molecular complexity index is 862. The van der Waals surface area contributed by atoms with Gasteiger partial charge in [-0.2, -0.15) is 0 Å². The lowest BCUT2D eigenvalue weighted by molar-refractivity contribution is 0.0942. The van der Waals surface area contributed by atoms with E-state index in [9.17, 15) is 4.79 Å². The molecule has 124 valence electrons. The van der Waals surface area contributed by atoms with Crippen LogP contribution in [0.4, 0.5) is 0 Å². The standard InChI is InChI=1S/C18H18ClN3OS/c1-22(2)16(13-5-3-4-6-14(13)19)10-20-18(23)12-7-8-15-17(9-12)24-11-21-15/h3-9,11,16H,10H2,1-2H3,(H,20,23)/t16-/m1/s1. The van der Waals surface area contributed by atoms with Gasteiger partial charge in [0.2, 0.25) is 0 Å². The summed E-state index contributed by atoms with van der Waals surface area (Å²) < 4.78 is 1.01. The fourth-order valence-electron chi connectivity index (χ4n) is 2.60. The number of thiazole rings is 1. The number of rotatable bonds is 5. The molecule has 1 aromatic heterocycles. The van der Waals surface area contributed by atoms with Gasteiger partial charge in [0.25, 0.3) is 5.91 Å². The molecule has 24 heavy (non-hydrogen) atoms. The van der Waals surface area contributed by atoms with Gasteiger partial charge in [-0.1, -0.05) is 29.8 Å². The molecule has 0 bridgehead atoms. The van der Waals surface area contributed by atoms with Gasteiger partial charge in [-0.15, -0.1) is 11.3 Å². The number of halogens is 1. The van der Waals surface area contributed by atoms with Gasteiger partial charge >= 0.3 is 0 Å². The predicted molar refractivity (Wildman–Crippen MR) is 99.8 cm³/mol. The van der Waals surface area contributed by atoms with Crippen LogP contribution in [-0.4, -0.2) is 36.4 Å². The molecule has 0 saturated carbocycles. The van der Waals surface area contributed by atoms with Gasteiger partial charge in [0.15, 0.2) is 0 Å². The van der Waals surface area contributed by atoms with Gasteiger partial charge in [0.05, 0.1) is 21.8 Å². The van der Waals surface area contributed by atoms with Gasteiger partial charge in [-0.05, 0) is 43.9 Å². The topological polar surface area (TPSA) is 45.2 Å². The Morgan fingerprint density at radius 2 is 2.08 bits per heavy atom. The van der Waals surface area contributed by atoms with Crippen LogP contribution in [0.1, 0.15) is 22.0 Å². The molecule has 1 heterocycles. The zero-order chi connectivity index (χ0) is 17.1. The number of carbonyl (C=O) groups excluding carboxylic acids is 1. The van der Waals surface area contributed by atoms with Gasteiger partial charge in [-0.3, -0.25) is 4.79 Å². The summed E-state index contributed by atoms with van der Waals surface area (Å²) in [6.07, 6.45) is 0. The first kappa shape index (κ1) is 16.9. The maximum atomic E-state index is 12.5. The number of carbonyl (C=O) groups is 1. The Morgan fingerprint density at radius 1 is 1.29 bits per heavy atom. The average molecular weight is 360 g/mol. The third-order valence-corrected chi connectivity index (χ3v) is 5.07. The van der Waals surface area contributed by atoms with E-state index in [-0.39, 0.29) is 11.9 Å². The lowest BCUT2D eigenvalue weighted by Gasteiger charge is -2.26. The highest BCUT2D eigenvalue weighted by atomic mass is 35.5. The molecule has 0 aliphatic rings. The van der Waals surface area contributed by atoms with Crippen molar-refractivity contribution in [2.45, 2.75) is 6.04 Å². The second-order valence-electron chi connectivity index (χ2n) is 5.75. The summed E-state index contributed by atoms with van der Waals surface area (Å²) in [6.45, 7) is 0.482. The van der Waals surface area contributed by atoms with Crippen LogP contribution in [-0.2, 0) is 0 Å². The van der Waals surface area contributed by atoms with E-state index in [4.69, 9.17) is 11.6 Å². The SMILES string of the molecule is CN(C)[C@H](CNC(=O)c1ccc2ncsc2c1)c1ccccc1Cl. The average Bonchev–Trinajstić information content (AvgIpc) is 3.03. The largest absolute Gasteiger partial charge is 0.350 e. The van der Waals surface area contributed by atoms with Crippen molar-refractivity contribution in [2.75, 3.05) is 20.6 Å². The number of likely N-dealkylation sites (N-methyl/N-ethyl adjacent to an activating group) is 1. The number of benzene rings is 2. The predicted octanol–water partition coefficient (Wildman–Crippen LogP) is 3.98. The minimum absolute atomic E-state index is 0.00906. The molecule has 3 rings (SSSR count). The summed E-state index contributed by atoms with van der Waals surface area (Å²) in [5.74, 6) is -0.0933. The summed E-state index contributed by atoms with van der Waals surface area (Å²) in [6, 6.07) is 13.3. The summed E-state index contributed by atoms with van der Waals surface area (Å²) in [5, 5.41) is 3.71. The number of nitrogens with zero attached hydrogens (tertiary/aromatic N) is 2. The normalized spacial score (nSPS) is 12.5. The van der Waals surface area contributed by atoms with Gasteiger partial charge in [0.1, 0.15) is 0 Å². The van der Waals surface area contributed by atoms with E-state index in [1.807, 2.05) is 55.4 Å². The van der Waals surface area contributed by atoms with E-state index < -0.39 is 0 Å². The molecule has 0 saturated heterocycles. The minimum atomic E-state index is -0.0933.